The number of ether oxygens (including phenoxy) is 3. The van der Waals surface area contributed by atoms with Crippen molar-refractivity contribution in [3.8, 4) is 11.5 Å². The maximum absolute atomic E-state index is 11.7. The summed E-state index contributed by atoms with van der Waals surface area (Å²) in [6.07, 6.45) is 3.94. The smallest absolute Gasteiger partial charge is 0.244 e. The summed E-state index contributed by atoms with van der Waals surface area (Å²) in [5.41, 5.74) is 0.767. The van der Waals surface area contributed by atoms with Crippen LogP contribution in [0.5, 0.6) is 11.5 Å². The molecule has 1 aromatic rings. The lowest BCUT2D eigenvalue weighted by atomic mass is 10.2. The van der Waals surface area contributed by atoms with Gasteiger partial charge >= 0.3 is 0 Å². The molecule has 0 aliphatic rings. The lowest BCUT2D eigenvalue weighted by Gasteiger charge is -2.11. The average molecular weight is 342 g/mol. The fraction of sp³-hybridized carbons (Fsp3) is 0.471. The summed E-state index contributed by atoms with van der Waals surface area (Å²) in [6.45, 7) is 6.24. The third kappa shape index (κ3) is 6.93. The van der Waals surface area contributed by atoms with Crippen molar-refractivity contribution in [1.82, 2.24) is 5.32 Å². The molecule has 0 aromatic heterocycles. The molecule has 0 saturated carbocycles. The van der Waals surface area contributed by atoms with Gasteiger partial charge in [0.05, 0.1) is 18.7 Å². The molecule has 0 aliphatic heterocycles. The van der Waals surface area contributed by atoms with E-state index in [-0.39, 0.29) is 5.91 Å². The molecule has 1 rings (SSSR count). The third-order valence-electron chi connectivity index (χ3n) is 2.93. The van der Waals surface area contributed by atoms with Crippen LogP contribution in [0, 0.1) is 0 Å². The molecule has 0 saturated heterocycles. The summed E-state index contributed by atoms with van der Waals surface area (Å²) in [5.74, 6) is 0.886. The number of amides is 1. The number of rotatable bonds is 10. The SMILES string of the molecule is CCOCCCNC(=O)C=Cc1cc(Cl)c(OC)c(OCC)c1. The number of carbonyl (C=O) groups is 1. The zero-order valence-corrected chi connectivity index (χ0v) is 14.6. The predicted molar refractivity (Wildman–Crippen MR) is 92.3 cm³/mol. The van der Waals surface area contributed by atoms with Crippen LogP contribution in [-0.4, -0.2) is 39.4 Å². The molecule has 0 fully saturated rings. The van der Waals surface area contributed by atoms with Gasteiger partial charge in [-0.3, -0.25) is 4.79 Å². The second kappa shape index (κ2) is 10.9. The number of halogens is 1. The van der Waals surface area contributed by atoms with E-state index in [0.717, 1.165) is 12.0 Å². The minimum Gasteiger partial charge on any atom is -0.491 e. The topological polar surface area (TPSA) is 56.8 Å². The predicted octanol–water partition coefficient (Wildman–Crippen LogP) is 3.30. The lowest BCUT2D eigenvalue weighted by molar-refractivity contribution is -0.116. The van der Waals surface area contributed by atoms with Crippen molar-refractivity contribution in [1.29, 1.82) is 0 Å². The van der Waals surface area contributed by atoms with E-state index in [9.17, 15) is 4.79 Å². The van der Waals surface area contributed by atoms with Crippen LogP contribution in [0.3, 0.4) is 0 Å². The zero-order valence-electron chi connectivity index (χ0n) is 13.9. The summed E-state index contributed by atoms with van der Waals surface area (Å²) in [4.78, 5) is 11.7. The summed E-state index contributed by atoms with van der Waals surface area (Å²) in [7, 11) is 1.54. The maximum Gasteiger partial charge on any atom is 0.244 e. The average Bonchev–Trinajstić information content (AvgIpc) is 2.53. The molecule has 1 aromatic carbocycles. The first-order valence-electron chi connectivity index (χ1n) is 7.66. The van der Waals surface area contributed by atoms with Gasteiger partial charge in [0.15, 0.2) is 11.5 Å². The second-order valence-electron chi connectivity index (χ2n) is 4.64. The third-order valence-corrected chi connectivity index (χ3v) is 3.21. The Morgan fingerprint density at radius 3 is 2.74 bits per heavy atom. The molecule has 0 unspecified atom stereocenters. The van der Waals surface area contributed by atoms with E-state index in [4.69, 9.17) is 25.8 Å². The molecule has 5 nitrogen and oxygen atoms in total. The van der Waals surface area contributed by atoms with Crippen molar-refractivity contribution in [3.05, 3.63) is 28.8 Å². The summed E-state index contributed by atoms with van der Waals surface area (Å²) >= 11 is 6.16. The highest BCUT2D eigenvalue weighted by molar-refractivity contribution is 6.32. The van der Waals surface area contributed by atoms with Crippen molar-refractivity contribution >= 4 is 23.6 Å². The molecule has 0 bridgehead atoms. The quantitative estimate of drug-likeness (QED) is 0.524. The Hall–Kier alpha value is -1.72. The van der Waals surface area contributed by atoms with Crippen LogP contribution < -0.4 is 14.8 Å². The molecule has 0 aliphatic carbocycles. The van der Waals surface area contributed by atoms with E-state index in [2.05, 4.69) is 5.32 Å². The maximum atomic E-state index is 11.7. The first kappa shape index (κ1) is 19.3. The van der Waals surface area contributed by atoms with Gasteiger partial charge in [-0.2, -0.15) is 0 Å². The highest BCUT2D eigenvalue weighted by Gasteiger charge is 2.10. The molecular weight excluding hydrogens is 318 g/mol. The first-order chi connectivity index (χ1) is 11.1. The Labute approximate surface area is 142 Å². The van der Waals surface area contributed by atoms with Crippen molar-refractivity contribution in [3.63, 3.8) is 0 Å². The van der Waals surface area contributed by atoms with Gasteiger partial charge in [0, 0.05) is 25.8 Å². The standard InChI is InChI=1S/C17H24ClNO4/c1-4-22-10-6-9-19-16(20)8-7-13-11-14(18)17(21-3)15(12-13)23-5-2/h7-8,11-12H,4-6,9-10H2,1-3H3,(H,19,20). The molecule has 1 N–H and O–H groups in total. The molecular formula is C17H24ClNO4. The zero-order chi connectivity index (χ0) is 17.1. The fourth-order valence-electron chi connectivity index (χ4n) is 1.91. The molecule has 0 radical (unpaired) electrons. The Kier molecular flexibility index (Phi) is 9.17. The Balaban J connectivity index is 2.63. The fourth-order valence-corrected chi connectivity index (χ4v) is 2.20. The Bertz CT molecular complexity index is 532. The van der Waals surface area contributed by atoms with Gasteiger partial charge in [-0.05, 0) is 44.0 Å². The van der Waals surface area contributed by atoms with Crippen LogP contribution in [-0.2, 0) is 9.53 Å². The first-order valence-corrected chi connectivity index (χ1v) is 8.04. The summed E-state index contributed by atoms with van der Waals surface area (Å²) < 4.78 is 15.9. The van der Waals surface area contributed by atoms with Gasteiger partial charge in [-0.1, -0.05) is 11.6 Å². The monoisotopic (exact) mass is 341 g/mol. The number of nitrogens with one attached hydrogen (secondary N) is 1. The van der Waals surface area contributed by atoms with Crippen LogP contribution in [0.2, 0.25) is 5.02 Å². The van der Waals surface area contributed by atoms with Crippen LogP contribution >= 0.6 is 11.6 Å². The lowest BCUT2D eigenvalue weighted by Crippen LogP contribution is -2.23. The van der Waals surface area contributed by atoms with Crippen molar-refractivity contribution < 1.29 is 19.0 Å². The van der Waals surface area contributed by atoms with E-state index >= 15 is 0 Å². The Morgan fingerprint density at radius 2 is 2.09 bits per heavy atom. The number of methoxy groups -OCH3 is 1. The Morgan fingerprint density at radius 1 is 1.30 bits per heavy atom. The number of carbonyl (C=O) groups excluding carboxylic acids is 1. The molecule has 1 amide bonds. The van der Waals surface area contributed by atoms with Gasteiger partial charge in [-0.15, -0.1) is 0 Å². The van der Waals surface area contributed by atoms with E-state index in [1.54, 1.807) is 18.2 Å². The number of benzene rings is 1. The number of hydrogen-bond acceptors (Lipinski definition) is 4. The van der Waals surface area contributed by atoms with Crippen LogP contribution in [0.25, 0.3) is 6.08 Å². The van der Waals surface area contributed by atoms with Crippen molar-refractivity contribution in [2.45, 2.75) is 20.3 Å². The highest BCUT2D eigenvalue weighted by atomic mass is 35.5. The molecule has 0 spiro atoms. The molecule has 0 heterocycles. The number of hydrogen-bond donors (Lipinski definition) is 1. The molecule has 6 heteroatoms. The van der Waals surface area contributed by atoms with Gasteiger partial charge in [0.1, 0.15) is 0 Å². The van der Waals surface area contributed by atoms with E-state index in [1.165, 1.54) is 13.2 Å². The van der Waals surface area contributed by atoms with Gasteiger partial charge < -0.3 is 19.5 Å². The summed E-state index contributed by atoms with van der Waals surface area (Å²) in [6, 6.07) is 3.51. The summed E-state index contributed by atoms with van der Waals surface area (Å²) in [5, 5.41) is 3.23. The van der Waals surface area contributed by atoms with Crippen LogP contribution in [0.4, 0.5) is 0 Å². The van der Waals surface area contributed by atoms with Crippen LogP contribution in [0.1, 0.15) is 25.8 Å². The van der Waals surface area contributed by atoms with E-state index < -0.39 is 0 Å². The molecule has 128 valence electrons. The van der Waals surface area contributed by atoms with Crippen LogP contribution in [0.15, 0.2) is 18.2 Å². The normalized spacial score (nSPS) is 10.8. The van der Waals surface area contributed by atoms with Gasteiger partial charge in [0.25, 0.3) is 0 Å². The van der Waals surface area contributed by atoms with E-state index in [0.29, 0.717) is 42.9 Å². The minimum absolute atomic E-state index is 0.161. The van der Waals surface area contributed by atoms with Crippen molar-refractivity contribution in [2.24, 2.45) is 0 Å². The van der Waals surface area contributed by atoms with Gasteiger partial charge in [0.2, 0.25) is 5.91 Å². The van der Waals surface area contributed by atoms with Crippen molar-refractivity contribution in [2.75, 3.05) is 33.5 Å². The highest BCUT2D eigenvalue weighted by Crippen LogP contribution is 2.36. The largest absolute Gasteiger partial charge is 0.491 e. The second-order valence-corrected chi connectivity index (χ2v) is 5.05. The van der Waals surface area contributed by atoms with Gasteiger partial charge in [-0.25, -0.2) is 0 Å². The minimum atomic E-state index is -0.161. The van der Waals surface area contributed by atoms with E-state index in [1.807, 2.05) is 13.8 Å². The molecule has 0 atom stereocenters. The molecule has 23 heavy (non-hydrogen) atoms.